The minimum atomic E-state index is -2.81. The van der Waals surface area contributed by atoms with Gasteiger partial charge in [-0.15, -0.1) is 0 Å². The third-order valence-electron chi connectivity index (χ3n) is 4.59. The molecule has 1 N–H and O–H groups in total. The zero-order valence-electron chi connectivity index (χ0n) is 10.5. The molecule has 17 heavy (non-hydrogen) atoms. The molecule has 1 aliphatic carbocycles. The van der Waals surface area contributed by atoms with Gasteiger partial charge in [0, 0.05) is 6.61 Å². The molecule has 2 unspecified atom stereocenters. The van der Waals surface area contributed by atoms with Gasteiger partial charge in [0.05, 0.1) is 11.5 Å². The van der Waals surface area contributed by atoms with E-state index in [0.29, 0.717) is 17.4 Å². The van der Waals surface area contributed by atoms with Gasteiger partial charge >= 0.3 is 0 Å². The summed E-state index contributed by atoms with van der Waals surface area (Å²) in [5.74, 6) is 1.65. The highest BCUT2D eigenvalue weighted by Gasteiger charge is 2.36. The quantitative estimate of drug-likeness (QED) is 0.790. The van der Waals surface area contributed by atoms with Crippen molar-refractivity contribution in [3.05, 3.63) is 0 Å². The van der Waals surface area contributed by atoms with Gasteiger partial charge in [-0.1, -0.05) is 38.5 Å². The normalized spacial score (nSPS) is 32.2. The van der Waals surface area contributed by atoms with Crippen LogP contribution < -0.4 is 0 Å². The SMILES string of the molecule is O=S1(=O)CCC(C(CO)C2CCCCCC2)C1. The molecule has 1 saturated carbocycles. The number of hydrogen-bond donors (Lipinski definition) is 1. The Kier molecular flexibility index (Phi) is 4.47. The van der Waals surface area contributed by atoms with Crippen molar-refractivity contribution in [3.63, 3.8) is 0 Å². The van der Waals surface area contributed by atoms with Crippen LogP contribution in [-0.2, 0) is 9.84 Å². The predicted octanol–water partition coefficient (Wildman–Crippen LogP) is 2.00. The van der Waals surface area contributed by atoms with Crippen molar-refractivity contribution in [1.29, 1.82) is 0 Å². The van der Waals surface area contributed by atoms with Gasteiger partial charge in [-0.2, -0.15) is 0 Å². The second-order valence-electron chi connectivity index (χ2n) is 5.76. The standard InChI is InChI=1S/C13H24O3S/c14-9-13(11-5-3-1-2-4-6-11)12-7-8-17(15,16)10-12/h11-14H,1-10H2. The van der Waals surface area contributed by atoms with Crippen LogP contribution in [-0.4, -0.2) is 31.6 Å². The van der Waals surface area contributed by atoms with E-state index < -0.39 is 9.84 Å². The molecule has 1 heterocycles. The largest absolute Gasteiger partial charge is 0.396 e. The Bertz CT molecular complexity index is 329. The molecule has 3 nitrogen and oxygen atoms in total. The van der Waals surface area contributed by atoms with Crippen molar-refractivity contribution in [2.45, 2.75) is 44.9 Å². The van der Waals surface area contributed by atoms with Crippen LogP contribution in [0.15, 0.2) is 0 Å². The van der Waals surface area contributed by atoms with Crippen LogP contribution in [0.4, 0.5) is 0 Å². The van der Waals surface area contributed by atoms with Crippen LogP contribution in [0.25, 0.3) is 0 Å². The molecule has 100 valence electrons. The minimum Gasteiger partial charge on any atom is -0.396 e. The topological polar surface area (TPSA) is 54.4 Å². The first-order chi connectivity index (χ1) is 8.12. The molecule has 0 amide bonds. The summed E-state index contributed by atoms with van der Waals surface area (Å²) in [5.41, 5.74) is 0. The van der Waals surface area contributed by atoms with E-state index in [-0.39, 0.29) is 18.4 Å². The van der Waals surface area contributed by atoms with Gasteiger partial charge in [0.2, 0.25) is 0 Å². The highest BCUT2D eigenvalue weighted by atomic mass is 32.2. The molecule has 0 bridgehead atoms. The maximum atomic E-state index is 11.5. The van der Waals surface area contributed by atoms with Crippen LogP contribution in [0.2, 0.25) is 0 Å². The molecule has 0 aromatic rings. The van der Waals surface area contributed by atoms with E-state index in [1.807, 2.05) is 0 Å². The fraction of sp³-hybridized carbons (Fsp3) is 1.00. The fourth-order valence-corrected chi connectivity index (χ4v) is 5.48. The summed E-state index contributed by atoms with van der Waals surface area (Å²) in [7, 11) is -2.81. The maximum absolute atomic E-state index is 11.5. The summed E-state index contributed by atoms with van der Waals surface area (Å²) in [6, 6.07) is 0. The van der Waals surface area contributed by atoms with Gasteiger partial charge in [-0.3, -0.25) is 0 Å². The Hall–Kier alpha value is -0.0900. The van der Waals surface area contributed by atoms with E-state index in [1.165, 1.54) is 38.5 Å². The van der Waals surface area contributed by atoms with Crippen LogP contribution in [0.5, 0.6) is 0 Å². The van der Waals surface area contributed by atoms with Crippen molar-refractivity contribution >= 4 is 9.84 Å². The van der Waals surface area contributed by atoms with Gasteiger partial charge < -0.3 is 5.11 Å². The van der Waals surface area contributed by atoms with Gasteiger partial charge in [0.1, 0.15) is 0 Å². The molecular weight excluding hydrogens is 236 g/mol. The second-order valence-corrected chi connectivity index (χ2v) is 7.99. The third kappa shape index (κ3) is 3.44. The van der Waals surface area contributed by atoms with E-state index in [2.05, 4.69) is 0 Å². The van der Waals surface area contributed by atoms with Crippen molar-refractivity contribution < 1.29 is 13.5 Å². The lowest BCUT2D eigenvalue weighted by molar-refractivity contribution is 0.120. The zero-order chi connectivity index (χ0) is 12.3. The van der Waals surface area contributed by atoms with Crippen LogP contribution in [0.3, 0.4) is 0 Å². The molecule has 0 aromatic carbocycles. The smallest absolute Gasteiger partial charge is 0.150 e. The lowest BCUT2D eigenvalue weighted by Crippen LogP contribution is -2.27. The molecule has 0 radical (unpaired) electrons. The number of hydrogen-bond acceptors (Lipinski definition) is 3. The third-order valence-corrected chi connectivity index (χ3v) is 6.38. The maximum Gasteiger partial charge on any atom is 0.150 e. The molecular formula is C13H24O3S. The first-order valence-electron chi connectivity index (χ1n) is 6.93. The molecule has 4 heteroatoms. The second kappa shape index (κ2) is 5.70. The Morgan fingerprint density at radius 1 is 1.00 bits per heavy atom. The first-order valence-corrected chi connectivity index (χ1v) is 8.76. The van der Waals surface area contributed by atoms with E-state index in [4.69, 9.17) is 0 Å². The molecule has 2 rings (SSSR count). The number of rotatable bonds is 3. The molecule has 1 saturated heterocycles. The average molecular weight is 260 g/mol. The molecule has 2 atom stereocenters. The molecule has 0 spiro atoms. The van der Waals surface area contributed by atoms with Crippen molar-refractivity contribution in [3.8, 4) is 0 Å². The van der Waals surface area contributed by atoms with Crippen LogP contribution >= 0.6 is 0 Å². The van der Waals surface area contributed by atoms with E-state index in [9.17, 15) is 13.5 Å². The summed E-state index contributed by atoms with van der Waals surface area (Å²) >= 11 is 0. The zero-order valence-corrected chi connectivity index (χ0v) is 11.3. The highest BCUT2D eigenvalue weighted by Crippen LogP contribution is 2.37. The molecule has 0 aromatic heterocycles. The molecule has 2 aliphatic rings. The van der Waals surface area contributed by atoms with E-state index in [1.54, 1.807) is 0 Å². The summed E-state index contributed by atoms with van der Waals surface area (Å²) in [6.45, 7) is 0.171. The number of aliphatic hydroxyl groups excluding tert-OH is 1. The molecule has 2 fully saturated rings. The molecule has 1 aliphatic heterocycles. The Balaban J connectivity index is 2.00. The van der Waals surface area contributed by atoms with Gasteiger partial charge in [0.25, 0.3) is 0 Å². The minimum absolute atomic E-state index is 0.171. The summed E-state index contributed by atoms with van der Waals surface area (Å²) in [4.78, 5) is 0. The van der Waals surface area contributed by atoms with Crippen molar-refractivity contribution in [1.82, 2.24) is 0 Å². The lowest BCUT2D eigenvalue weighted by Gasteiger charge is -2.28. The van der Waals surface area contributed by atoms with Crippen LogP contribution in [0, 0.1) is 17.8 Å². The van der Waals surface area contributed by atoms with E-state index >= 15 is 0 Å². The Labute approximate surface area is 105 Å². The fourth-order valence-electron chi connectivity index (χ4n) is 3.58. The predicted molar refractivity (Wildman–Crippen MR) is 68.5 cm³/mol. The number of sulfone groups is 1. The van der Waals surface area contributed by atoms with Gasteiger partial charge in [-0.25, -0.2) is 8.42 Å². The summed E-state index contributed by atoms with van der Waals surface area (Å²) in [6.07, 6.45) is 8.24. The first kappa shape index (κ1) is 13.3. The van der Waals surface area contributed by atoms with Crippen LogP contribution in [0.1, 0.15) is 44.9 Å². The highest BCUT2D eigenvalue weighted by molar-refractivity contribution is 7.91. The Morgan fingerprint density at radius 3 is 2.12 bits per heavy atom. The van der Waals surface area contributed by atoms with Crippen molar-refractivity contribution in [2.75, 3.05) is 18.1 Å². The van der Waals surface area contributed by atoms with Crippen molar-refractivity contribution in [2.24, 2.45) is 17.8 Å². The van der Waals surface area contributed by atoms with Gasteiger partial charge in [-0.05, 0) is 24.2 Å². The average Bonchev–Trinajstić information content (AvgIpc) is 2.53. The van der Waals surface area contributed by atoms with Gasteiger partial charge in [0.15, 0.2) is 9.84 Å². The summed E-state index contributed by atoms with van der Waals surface area (Å²) in [5, 5.41) is 9.61. The van der Waals surface area contributed by atoms with E-state index in [0.717, 1.165) is 6.42 Å². The lowest BCUT2D eigenvalue weighted by atomic mass is 9.78. The Morgan fingerprint density at radius 2 is 1.65 bits per heavy atom. The monoisotopic (exact) mass is 260 g/mol. The number of aliphatic hydroxyl groups is 1. The summed E-state index contributed by atoms with van der Waals surface area (Å²) < 4.78 is 23.1.